The molecule has 0 aliphatic carbocycles. The fourth-order valence-corrected chi connectivity index (χ4v) is 3.70. The van der Waals surface area contributed by atoms with Crippen LogP contribution in [0.15, 0.2) is 48.5 Å². The quantitative estimate of drug-likeness (QED) is 0.566. The van der Waals surface area contributed by atoms with Crippen LogP contribution in [0.1, 0.15) is 23.6 Å². The molecule has 2 unspecified atom stereocenters. The predicted molar refractivity (Wildman–Crippen MR) is 105 cm³/mol. The average molecular weight is 409 g/mol. The molecule has 1 fully saturated rings. The summed E-state index contributed by atoms with van der Waals surface area (Å²) in [6.45, 7) is 1.70. The van der Waals surface area contributed by atoms with Crippen LogP contribution >= 0.6 is 23.2 Å². The van der Waals surface area contributed by atoms with Gasteiger partial charge in [-0.2, -0.15) is 0 Å². The Morgan fingerprint density at radius 3 is 2.63 bits per heavy atom. The highest BCUT2D eigenvalue weighted by molar-refractivity contribution is 6.33. The van der Waals surface area contributed by atoms with Gasteiger partial charge < -0.3 is 5.11 Å². The van der Waals surface area contributed by atoms with E-state index in [1.54, 1.807) is 18.2 Å². The first kappa shape index (κ1) is 20.1. The number of nitrogens with zero attached hydrogens (tertiary/aromatic N) is 2. The van der Waals surface area contributed by atoms with Crippen LogP contribution in [0.5, 0.6) is 0 Å². The molecule has 5 nitrogen and oxygen atoms in total. The van der Waals surface area contributed by atoms with E-state index >= 15 is 0 Å². The number of amides is 1. The molecule has 0 radical (unpaired) electrons. The molecule has 1 saturated heterocycles. The molecule has 0 spiro atoms. The summed E-state index contributed by atoms with van der Waals surface area (Å²) in [5.74, 6) is -0.465. The third-order valence-corrected chi connectivity index (χ3v) is 5.37. The van der Waals surface area contributed by atoms with Gasteiger partial charge in [0.15, 0.2) is 0 Å². The number of hydrogen-bond donors (Lipinski definition) is 2. The number of rotatable bonds is 6. The highest BCUT2D eigenvalue weighted by atomic mass is 35.5. The van der Waals surface area contributed by atoms with Gasteiger partial charge in [-0.15, -0.1) is 0 Å². The second-order valence-corrected chi connectivity index (χ2v) is 7.62. The number of aliphatic hydroxyl groups is 1. The van der Waals surface area contributed by atoms with Crippen molar-refractivity contribution in [2.24, 2.45) is 0 Å². The van der Waals surface area contributed by atoms with Gasteiger partial charge >= 0.3 is 0 Å². The smallest absolute Gasteiger partial charge is 0.251 e. The van der Waals surface area contributed by atoms with Crippen LogP contribution in [-0.4, -0.2) is 51.9 Å². The lowest BCUT2D eigenvalue weighted by atomic mass is 10.0. The Hall–Kier alpha value is -1.63. The van der Waals surface area contributed by atoms with Crippen molar-refractivity contribution in [3.8, 4) is 0 Å². The summed E-state index contributed by atoms with van der Waals surface area (Å²) in [4.78, 5) is 14.8. The van der Waals surface area contributed by atoms with Crippen LogP contribution < -0.4 is 0 Å². The van der Waals surface area contributed by atoms with Crippen LogP contribution in [-0.2, 0) is 11.2 Å². The Morgan fingerprint density at radius 2 is 1.96 bits per heavy atom. The standard InChI is InChI=1S/C20H22Cl2N2O3/c21-16-6-7-18(22)15(10-16)11-20(26)24(27)19(14-4-2-1-3-5-14)13-23-9-8-17(25)12-23/h1-7,10,17,19,25,27H,8-9,11-13H2. The number of benzene rings is 2. The van der Waals surface area contributed by atoms with E-state index < -0.39 is 11.9 Å². The largest absolute Gasteiger partial charge is 0.392 e. The summed E-state index contributed by atoms with van der Waals surface area (Å²) in [5.41, 5.74) is 1.39. The zero-order chi connectivity index (χ0) is 19.4. The maximum atomic E-state index is 12.7. The van der Waals surface area contributed by atoms with E-state index in [1.165, 1.54) is 0 Å². The normalized spacial score (nSPS) is 18.4. The van der Waals surface area contributed by atoms with Crippen LogP contribution in [0.2, 0.25) is 10.0 Å². The molecule has 3 rings (SSSR count). The minimum absolute atomic E-state index is 0.0537. The van der Waals surface area contributed by atoms with Crippen molar-refractivity contribution in [2.45, 2.75) is 25.0 Å². The molecule has 1 amide bonds. The molecular formula is C20H22Cl2N2O3. The van der Waals surface area contributed by atoms with Gasteiger partial charge in [-0.25, -0.2) is 5.06 Å². The molecule has 0 bridgehead atoms. The van der Waals surface area contributed by atoms with E-state index in [4.69, 9.17) is 23.2 Å². The van der Waals surface area contributed by atoms with Crippen molar-refractivity contribution in [1.29, 1.82) is 0 Å². The van der Waals surface area contributed by atoms with E-state index in [9.17, 15) is 15.1 Å². The van der Waals surface area contributed by atoms with Crippen molar-refractivity contribution < 1.29 is 15.1 Å². The van der Waals surface area contributed by atoms with Crippen LogP contribution in [0.4, 0.5) is 0 Å². The first-order valence-electron chi connectivity index (χ1n) is 8.84. The fourth-order valence-electron chi connectivity index (χ4n) is 3.32. The zero-order valence-electron chi connectivity index (χ0n) is 14.8. The van der Waals surface area contributed by atoms with E-state index in [0.717, 1.165) is 17.2 Å². The van der Waals surface area contributed by atoms with E-state index in [-0.39, 0.29) is 12.5 Å². The first-order chi connectivity index (χ1) is 12.9. The molecule has 2 aromatic carbocycles. The molecule has 7 heteroatoms. The SMILES string of the molecule is O=C(Cc1cc(Cl)ccc1Cl)N(O)C(CN1CCC(O)C1)c1ccccc1. The van der Waals surface area contributed by atoms with Crippen LogP contribution in [0.3, 0.4) is 0 Å². The van der Waals surface area contributed by atoms with Crippen molar-refractivity contribution in [1.82, 2.24) is 9.96 Å². The molecule has 27 heavy (non-hydrogen) atoms. The number of hydroxylamine groups is 2. The summed E-state index contributed by atoms with van der Waals surface area (Å²) in [6, 6.07) is 13.7. The Bertz CT molecular complexity index is 788. The third kappa shape index (κ3) is 5.21. The average Bonchev–Trinajstić information content (AvgIpc) is 3.08. The number of aliphatic hydroxyl groups excluding tert-OH is 1. The summed E-state index contributed by atoms with van der Waals surface area (Å²) in [6.07, 6.45) is 0.274. The topological polar surface area (TPSA) is 64.0 Å². The summed E-state index contributed by atoms with van der Waals surface area (Å²) in [7, 11) is 0. The van der Waals surface area contributed by atoms with Crippen molar-refractivity contribution in [3.05, 3.63) is 69.7 Å². The Balaban J connectivity index is 1.78. The second kappa shape index (κ2) is 9.04. The van der Waals surface area contributed by atoms with Gasteiger partial charge in [0, 0.05) is 29.7 Å². The Kier molecular flexibility index (Phi) is 6.73. The lowest BCUT2D eigenvalue weighted by Crippen LogP contribution is -2.40. The van der Waals surface area contributed by atoms with Crippen molar-refractivity contribution >= 4 is 29.1 Å². The van der Waals surface area contributed by atoms with Crippen molar-refractivity contribution in [3.63, 3.8) is 0 Å². The highest BCUT2D eigenvalue weighted by Crippen LogP contribution is 2.26. The monoisotopic (exact) mass is 408 g/mol. The maximum Gasteiger partial charge on any atom is 0.251 e. The number of carbonyl (C=O) groups is 1. The van der Waals surface area contributed by atoms with Crippen LogP contribution in [0, 0.1) is 0 Å². The number of likely N-dealkylation sites (tertiary alicyclic amines) is 1. The molecule has 2 aromatic rings. The van der Waals surface area contributed by atoms with Gasteiger partial charge in [0.25, 0.3) is 5.91 Å². The lowest BCUT2D eigenvalue weighted by molar-refractivity contribution is -0.177. The zero-order valence-corrected chi connectivity index (χ0v) is 16.3. The minimum Gasteiger partial charge on any atom is -0.392 e. The number of hydrogen-bond acceptors (Lipinski definition) is 4. The Morgan fingerprint density at radius 1 is 1.22 bits per heavy atom. The predicted octanol–water partition coefficient (Wildman–Crippen LogP) is 3.56. The molecule has 1 heterocycles. The van der Waals surface area contributed by atoms with Crippen molar-refractivity contribution in [2.75, 3.05) is 19.6 Å². The molecule has 0 saturated carbocycles. The molecule has 1 aliphatic rings. The summed E-state index contributed by atoms with van der Waals surface area (Å²) in [5, 5.41) is 22.2. The molecular weight excluding hydrogens is 387 g/mol. The van der Waals surface area contributed by atoms with E-state index in [1.807, 2.05) is 35.2 Å². The number of halogens is 2. The van der Waals surface area contributed by atoms with Crippen LogP contribution in [0.25, 0.3) is 0 Å². The molecule has 2 atom stereocenters. The van der Waals surface area contributed by atoms with Gasteiger partial charge in [-0.05, 0) is 35.7 Å². The van der Waals surface area contributed by atoms with Gasteiger partial charge in [0.1, 0.15) is 0 Å². The summed E-state index contributed by atoms with van der Waals surface area (Å²) < 4.78 is 0. The minimum atomic E-state index is -0.540. The molecule has 144 valence electrons. The molecule has 0 aromatic heterocycles. The highest BCUT2D eigenvalue weighted by Gasteiger charge is 2.29. The third-order valence-electron chi connectivity index (χ3n) is 4.76. The molecule has 1 aliphatic heterocycles. The fraction of sp³-hybridized carbons (Fsp3) is 0.350. The molecule has 2 N–H and O–H groups in total. The van der Waals surface area contributed by atoms with Gasteiger partial charge in [-0.3, -0.25) is 14.9 Å². The van der Waals surface area contributed by atoms with Gasteiger partial charge in [0.05, 0.1) is 18.6 Å². The Labute approximate surface area is 168 Å². The van der Waals surface area contributed by atoms with Gasteiger partial charge in [-0.1, -0.05) is 53.5 Å². The lowest BCUT2D eigenvalue weighted by Gasteiger charge is -2.30. The maximum absolute atomic E-state index is 12.7. The number of β-amino-alcohol motifs (C(OH)–C–C–N with tert-alkyl or cyclic N) is 1. The summed E-state index contributed by atoms with van der Waals surface area (Å²) >= 11 is 12.1. The second-order valence-electron chi connectivity index (χ2n) is 6.78. The first-order valence-corrected chi connectivity index (χ1v) is 9.60. The van der Waals surface area contributed by atoms with E-state index in [2.05, 4.69) is 0 Å². The van der Waals surface area contributed by atoms with E-state index in [0.29, 0.717) is 35.1 Å². The number of carbonyl (C=O) groups excluding carboxylic acids is 1. The van der Waals surface area contributed by atoms with Gasteiger partial charge in [0.2, 0.25) is 0 Å².